The second-order valence-corrected chi connectivity index (χ2v) is 10.1. The van der Waals surface area contributed by atoms with Crippen LogP contribution >= 0.6 is 0 Å². The summed E-state index contributed by atoms with van der Waals surface area (Å²) >= 11 is 0. The summed E-state index contributed by atoms with van der Waals surface area (Å²) in [6.45, 7) is 7.06. The standard InChI is InChI=1S/C27H33NO6S/c1-5-28(6-2)16-9-11-20-10-7-8-12-24(20)35(30,31)19-22-13-14-23(21-15-17-34-18-21)26(32-3)25(22)27(29)33-4/h7-8,10,12-15,17-18H,5-6,9,11,16,19H2,1-4H3. The molecule has 0 radical (unpaired) electrons. The number of sulfone groups is 1. The number of carbonyl (C=O) groups is 1. The maximum Gasteiger partial charge on any atom is 0.341 e. The summed E-state index contributed by atoms with van der Waals surface area (Å²) in [6.07, 6.45) is 4.55. The van der Waals surface area contributed by atoms with Crippen LogP contribution in [0.1, 0.15) is 41.8 Å². The summed E-state index contributed by atoms with van der Waals surface area (Å²) in [5.41, 5.74) is 2.51. The van der Waals surface area contributed by atoms with E-state index in [0.717, 1.165) is 31.6 Å². The fourth-order valence-corrected chi connectivity index (χ4v) is 5.92. The number of nitrogens with zero attached hydrogens (tertiary/aromatic N) is 1. The third-order valence-corrected chi connectivity index (χ3v) is 7.90. The first-order valence-corrected chi connectivity index (χ1v) is 13.3. The molecular weight excluding hydrogens is 466 g/mol. The highest BCUT2D eigenvalue weighted by Crippen LogP contribution is 2.37. The first-order chi connectivity index (χ1) is 16.9. The van der Waals surface area contributed by atoms with Gasteiger partial charge in [0.15, 0.2) is 9.84 Å². The van der Waals surface area contributed by atoms with E-state index in [1.54, 1.807) is 30.3 Å². The zero-order valence-corrected chi connectivity index (χ0v) is 21.6. The number of benzene rings is 2. The molecule has 8 heteroatoms. The molecule has 7 nitrogen and oxygen atoms in total. The SMILES string of the molecule is CCN(CC)CCCc1ccccc1S(=O)(=O)Cc1ccc(-c2ccoc2)c(OC)c1C(=O)OC. The maximum atomic E-state index is 13.6. The van der Waals surface area contributed by atoms with Gasteiger partial charge in [0.2, 0.25) is 0 Å². The van der Waals surface area contributed by atoms with Gasteiger partial charge < -0.3 is 18.8 Å². The second kappa shape index (κ2) is 12.0. The lowest BCUT2D eigenvalue weighted by molar-refractivity contribution is 0.0596. The molecule has 35 heavy (non-hydrogen) atoms. The van der Waals surface area contributed by atoms with E-state index in [-0.39, 0.29) is 22.0 Å². The predicted octanol–water partition coefficient (Wildman–Crippen LogP) is 4.99. The molecule has 0 aliphatic rings. The van der Waals surface area contributed by atoms with Crippen LogP contribution in [0.5, 0.6) is 5.75 Å². The molecule has 0 saturated heterocycles. The fraction of sp³-hybridized carbons (Fsp3) is 0.370. The quantitative estimate of drug-likeness (QED) is 0.325. The van der Waals surface area contributed by atoms with Crippen molar-refractivity contribution in [2.24, 2.45) is 0 Å². The highest BCUT2D eigenvalue weighted by Gasteiger charge is 2.27. The molecular formula is C27H33NO6S. The first kappa shape index (κ1) is 26.5. The highest BCUT2D eigenvalue weighted by molar-refractivity contribution is 7.90. The smallest absolute Gasteiger partial charge is 0.341 e. The van der Waals surface area contributed by atoms with E-state index in [1.807, 2.05) is 12.1 Å². The molecule has 0 aliphatic carbocycles. The van der Waals surface area contributed by atoms with Gasteiger partial charge in [0.05, 0.1) is 37.4 Å². The van der Waals surface area contributed by atoms with Crippen molar-refractivity contribution in [1.82, 2.24) is 4.90 Å². The minimum absolute atomic E-state index is 0.0938. The van der Waals surface area contributed by atoms with Crippen LogP contribution in [0, 0.1) is 0 Å². The molecule has 0 N–H and O–H groups in total. The number of esters is 1. The minimum Gasteiger partial charge on any atom is -0.495 e. The molecule has 1 aromatic heterocycles. The molecule has 0 unspecified atom stereocenters. The molecule has 0 saturated carbocycles. The van der Waals surface area contributed by atoms with E-state index >= 15 is 0 Å². The Hall–Kier alpha value is -3.10. The highest BCUT2D eigenvalue weighted by atomic mass is 32.2. The average molecular weight is 500 g/mol. The van der Waals surface area contributed by atoms with Crippen molar-refractivity contribution in [1.29, 1.82) is 0 Å². The Morgan fingerprint density at radius 3 is 2.37 bits per heavy atom. The molecule has 0 spiro atoms. The van der Waals surface area contributed by atoms with Gasteiger partial charge in [-0.05, 0) is 55.7 Å². The van der Waals surface area contributed by atoms with Gasteiger partial charge in [-0.15, -0.1) is 0 Å². The fourth-order valence-electron chi connectivity index (χ4n) is 4.26. The van der Waals surface area contributed by atoms with Crippen molar-refractivity contribution in [3.05, 3.63) is 71.7 Å². The summed E-state index contributed by atoms with van der Waals surface area (Å²) in [6, 6.07) is 12.2. The molecule has 2 aromatic carbocycles. The Bertz CT molecular complexity index is 1230. The Labute approximate surface area is 207 Å². The summed E-state index contributed by atoms with van der Waals surface area (Å²) in [5, 5.41) is 0. The number of aryl methyl sites for hydroxylation is 1. The van der Waals surface area contributed by atoms with E-state index in [2.05, 4.69) is 18.7 Å². The number of carbonyl (C=O) groups excluding carboxylic acids is 1. The zero-order valence-electron chi connectivity index (χ0n) is 20.7. The van der Waals surface area contributed by atoms with Crippen molar-refractivity contribution < 1.29 is 27.1 Å². The van der Waals surface area contributed by atoms with Crippen LogP contribution in [0.3, 0.4) is 0 Å². The molecule has 1 heterocycles. The molecule has 0 aliphatic heterocycles. The number of ether oxygens (including phenoxy) is 2. The van der Waals surface area contributed by atoms with Crippen molar-refractivity contribution in [3.63, 3.8) is 0 Å². The zero-order chi connectivity index (χ0) is 25.4. The van der Waals surface area contributed by atoms with Crippen LogP contribution in [0.2, 0.25) is 0 Å². The van der Waals surface area contributed by atoms with E-state index in [0.29, 0.717) is 23.1 Å². The molecule has 3 aromatic rings. The van der Waals surface area contributed by atoms with Crippen LogP contribution in [0.15, 0.2) is 64.3 Å². The van der Waals surface area contributed by atoms with Crippen molar-refractivity contribution in [3.8, 4) is 16.9 Å². The van der Waals surface area contributed by atoms with Gasteiger partial charge in [-0.25, -0.2) is 13.2 Å². The molecule has 3 rings (SSSR count). The molecule has 0 fully saturated rings. The van der Waals surface area contributed by atoms with E-state index in [9.17, 15) is 13.2 Å². The van der Waals surface area contributed by atoms with Gasteiger partial charge in [-0.3, -0.25) is 0 Å². The maximum absolute atomic E-state index is 13.6. The number of furan rings is 1. The summed E-state index contributed by atoms with van der Waals surface area (Å²) in [7, 11) is -1.06. The van der Waals surface area contributed by atoms with Crippen molar-refractivity contribution >= 4 is 15.8 Å². The summed E-state index contributed by atoms with van der Waals surface area (Å²) in [5.74, 6) is -0.768. The lowest BCUT2D eigenvalue weighted by Crippen LogP contribution is -2.24. The monoisotopic (exact) mass is 499 g/mol. The van der Waals surface area contributed by atoms with E-state index in [4.69, 9.17) is 13.9 Å². The van der Waals surface area contributed by atoms with Crippen LogP contribution in [-0.4, -0.2) is 53.1 Å². The van der Waals surface area contributed by atoms with Gasteiger partial charge in [0.1, 0.15) is 11.3 Å². The number of hydrogen-bond acceptors (Lipinski definition) is 7. The van der Waals surface area contributed by atoms with Gasteiger partial charge in [0, 0.05) is 11.1 Å². The normalized spacial score (nSPS) is 11.6. The second-order valence-electron chi connectivity index (χ2n) is 8.18. The first-order valence-electron chi connectivity index (χ1n) is 11.7. The van der Waals surface area contributed by atoms with Gasteiger partial charge in [-0.1, -0.05) is 44.2 Å². The summed E-state index contributed by atoms with van der Waals surface area (Å²) in [4.78, 5) is 15.4. The van der Waals surface area contributed by atoms with Crippen LogP contribution in [0.25, 0.3) is 11.1 Å². The van der Waals surface area contributed by atoms with Crippen LogP contribution < -0.4 is 4.74 Å². The Kier molecular flexibility index (Phi) is 9.12. The Morgan fingerprint density at radius 1 is 1.00 bits per heavy atom. The Morgan fingerprint density at radius 2 is 1.74 bits per heavy atom. The van der Waals surface area contributed by atoms with Crippen molar-refractivity contribution in [2.45, 2.75) is 37.3 Å². The topological polar surface area (TPSA) is 86.0 Å². The third-order valence-electron chi connectivity index (χ3n) is 6.14. The largest absolute Gasteiger partial charge is 0.495 e. The number of rotatable bonds is 12. The molecule has 0 atom stereocenters. The van der Waals surface area contributed by atoms with Crippen molar-refractivity contribution in [2.75, 3.05) is 33.9 Å². The number of methoxy groups -OCH3 is 2. The lowest BCUT2D eigenvalue weighted by Gasteiger charge is -2.19. The van der Waals surface area contributed by atoms with Crippen LogP contribution in [-0.2, 0) is 26.7 Å². The minimum atomic E-state index is -3.76. The van der Waals surface area contributed by atoms with Crippen LogP contribution in [0.4, 0.5) is 0 Å². The predicted molar refractivity (Wildman–Crippen MR) is 135 cm³/mol. The average Bonchev–Trinajstić information content (AvgIpc) is 3.40. The van der Waals surface area contributed by atoms with Gasteiger partial charge in [-0.2, -0.15) is 0 Å². The molecule has 0 amide bonds. The van der Waals surface area contributed by atoms with Gasteiger partial charge >= 0.3 is 5.97 Å². The molecule has 188 valence electrons. The van der Waals surface area contributed by atoms with E-state index < -0.39 is 15.8 Å². The summed E-state index contributed by atoms with van der Waals surface area (Å²) < 4.78 is 42.9. The third kappa shape index (κ3) is 6.13. The van der Waals surface area contributed by atoms with E-state index in [1.165, 1.54) is 26.7 Å². The Balaban J connectivity index is 1.97. The number of hydrogen-bond donors (Lipinski definition) is 0. The molecule has 0 bridgehead atoms. The lowest BCUT2D eigenvalue weighted by atomic mass is 9.99. The van der Waals surface area contributed by atoms with Gasteiger partial charge in [0.25, 0.3) is 0 Å².